The summed E-state index contributed by atoms with van der Waals surface area (Å²) >= 11 is 0. The Morgan fingerprint density at radius 1 is 1.10 bits per heavy atom. The fourth-order valence-electron chi connectivity index (χ4n) is 3.66. The van der Waals surface area contributed by atoms with Crippen molar-refractivity contribution in [3.63, 3.8) is 0 Å². The summed E-state index contributed by atoms with van der Waals surface area (Å²) in [6.45, 7) is 6.25. The topological polar surface area (TPSA) is 76.6 Å². The van der Waals surface area contributed by atoms with Gasteiger partial charge in [-0.2, -0.15) is 5.10 Å². The van der Waals surface area contributed by atoms with Gasteiger partial charge in [0, 0.05) is 12.1 Å². The molecule has 0 saturated heterocycles. The molecule has 0 radical (unpaired) electrons. The molecule has 0 amide bonds. The molecule has 0 spiro atoms. The summed E-state index contributed by atoms with van der Waals surface area (Å²) in [7, 11) is 1.96. The maximum atomic E-state index is 11.0. The standard InChI is InChI=1S/C21H26N5O2P/c1-6-29(24(4)5,23-18-12-14-20(15-13-18)26(27)28)21-16(2)22-25(17(21)3)19-10-8-7-9-11-19/h7-15H,6H2,1-5H3/t29-/m0/s1. The number of nitro groups is 1. The number of hydrogen-bond acceptors (Lipinski definition) is 4. The van der Waals surface area contributed by atoms with Crippen LogP contribution in [0.15, 0.2) is 59.3 Å². The molecule has 0 N–H and O–H groups in total. The Hall–Kier alpha value is -2.76. The minimum atomic E-state index is -2.13. The molecule has 3 aromatic rings. The van der Waals surface area contributed by atoms with E-state index in [-0.39, 0.29) is 5.69 Å². The van der Waals surface area contributed by atoms with Crippen molar-refractivity contribution < 1.29 is 4.92 Å². The van der Waals surface area contributed by atoms with Gasteiger partial charge in [0.15, 0.2) is 0 Å². The van der Waals surface area contributed by atoms with E-state index < -0.39 is 12.1 Å². The van der Waals surface area contributed by atoms with Crippen LogP contribution in [0.2, 0.25) is 0 Å². The molecule has 0 aliphatic rings. The molecule has 0 saturated carbocycles. The normalized spacial score (nSPS) is 13.3. The monoisotopic (exact) mass is 411 g/mol. The number of aromatic nitrogens is 2. The Kier molecular flexibility index (Phi) is 6.01. The van der Waals surface area contributed by atoms with Gasteiger partial charge in [-0.05, 0) is 58.4 Å². The highest BCUT2D eigenvalue weighted by atomic mass is 31.2. The second kappa shape index (κ2) is 8.31. The Morgan fingerprint density at radius 3 is 2.24 bits per heavy atom. The van der Waals surface area contributed by atoms with Crippen LogP contribution in [0.25, 0.3) is 5.69 Å². The lowest BCUT2D eigenvalue weighted by Gasteiger charge is -2.31. The highest BCUT2D eigenvalue weighted by Gasteiger charge is 2.30. The van der Waals surface area contributed by atoms with Crippen LogP contribution in [-0.2, 0) is 0 Å². The Balaban J connectivity index is 2.22. The van der Waals surface area contributed by atoms with Crippen molar-refractivity contribution in [2.24, 2.45) is 4.74 Å². The Bertz CT molecular complexity index is 1070. The molecule has 0 aliphatic carbocycles. The van der Waals surface area contributed by atoms with Crippen molar-refractivity contribution in [3.05, 3.63) is 76.1 Å². The van der Waals surface area contributed by atoms with E-state index in [9.17, 15) is 10.1 Å². The van der Waals surface area contributed by atoms with Crippen LogP contribution in [0.4, 0.5) is 11.4 Å². The minimum absolute atomic E-state index is 0.0680. The predicted molar refractivity (Wildman–Crippen MR) is 119 cm³/mol. The first kappa shape index (κ1) is 21.0. The van der Waals surface area contributed by atoms with Crippen molar-refractivity contribution in [1.82, 2.24) is 14.5 Å². The lowest BCUT2D eigenvalue weighted by atomic mass is 10.3. The molecular weight excluding hydrogens is 385 g/mol. The molecule has 1 atom stereocenters. The van der Waals surface area contributed by atoms with E-state index in [1.54, 1.807) is 12.1 Å². The van der Waals surface area contributed by atoms with Crippen molar-refractivity contribution in [3.8, 4) is 5.69 Å². The SMILES string of the molecule is CC[P@@](=Nc1ccc([N+](=O)[O-])cc1)(c1c(C)nn(-c2ccccc2)c1C)N(C)C. The first-order valence-electron chi connectivity index (χ1n) is 9.46. The summed E-state index contributed by atoms with van der Waals surface area (Å²) in [5, 5.41) is 17.0. The smallest absolute Gasteiger partial charge is 0.269 e. The van der Waals surface area contributed by atoms with E-state index >= 15 is 0 Å². The van der Waals surface area contributed by atoms with Gasteiger partial charge in [0.2, 0.25) is 0 Å². The third-order valence-corrected chi connectivity index (χ3v) is 9.19. The van der Waals surface area contributed by atoms with Gasteiger partial charge < -0.3 is 0 Å². The van der Waals surface area contributed by atoms with Crippen molar-refractivity contribution >= 4 is 23.9 Å². The van der Waals surface area contributed by atoms with Crippen LogP contribution in [-0.4, -0.2) is 39.6 Å². The molecule has 2 aromatic carbocycles. The predicted octanol–water partition coefficient (Wildman–Crippen LogP) is 5.05. The highest BCUT2D eigenvalue weighted by Crippen LogP contribution is 2.54. The number of non-ortho nitro benzene ring substituents is 1. The zero-order valence-corrected chi connectivity index (χ0v) is 18.3. The molecule has 0 unspecified atom stereocenters. The van der Waals surface area contributed by atoms with Gasteiger partial charge >= 0.3 is 0 Å². The number of hydrogen-bond donors (Lipinski definition) is 0. The number of para-hydroxylation sites is 1. The van der Waals surface area contributed by atoms with Gasteiger partial charge in [-0.15, -0.1) is 0 Å². The number of benzene rings is 2. The number of nitro benzene ring substituents is 1. The molecular formula is C21H26N5O2P. The third kappa shape index (κ3) is 3.88. The van der Waals surface area contributed by atoms with Crippen LogP contribution >= 0.6 is 7.21 Å². The lowest BCUT2D eigenvalue weighted by molar-refractivity contribution is -0.384. The van der Waals surface area contributed by atoms with Crippen molar-refractivity contribution in [2.45, 2.75) is 20.8 Å². The van der Waals surface area contributed by atoms with Crippen LogP contribution in [0.5, 0.6) is 0 Å². The molecule has 29 heavy (non-hydrogen) atoms. The van der Waals surface area contributed by atoms with E-state index in [4.69, 9.17) is 9.84 Å². The van der Waals surface area contributed by atoms with Crippen LogP contribution < -0.4 is 5.30 Å². The van der Waals surface area contributed by atoms with Gasteiger partial charge in [-0.3, -0.25) is 14.8 Å². The van der Waals surface area contributed by atoms with E-state index in [0.717, 1.165) is 34.2 Å². The Labute approximate surface area is 171 Å². The fraction of sp³-hybridized carbons (Fsp3) is 0.286. The summed E-state index contributed by atoms with van der Waals surface area (Å²) in [5.41, 5.74) is 3.86. The van der Waals surface area contributed by atoms with Crippen LogP contribution in [0.1, 0.15) is 18.3 Å². The molecule has 7 nitrogen and oxygen atoms in total. The molecule has 8 heteroatoms. The summed E-state index contributed by atoms with van der Waals surface area (Å²) in [5.74, 6) is 0. The summed E-state index contributed by atoms with van der Waals surface area (Å²) in [6, 6.07) is 16.5. The van der Waals surface area contributed by atoms with E-state index in [1.165, 1.54) is 12.1 Å². The number of rotatable bonds is 6. The lowest BCUT2D eigenvalue weighted by Crippen LogP contribution is -2.23. The largest absolute Gasteiger partial charge is 0.272 e. The number of nitrogens with zero attached hydrogens (tertiary/aromatic N) is 5. The molecule has 3 rings (SSSR count). The zero-order chi connectivity index (χ0) is 21.2. The van der Waals surface area contributed by atoms with Gasteiger partial charge in [-0.1, -0.05) is 25.1 Å². The molecule has 1 aromatic heterocycles. The number of aryl methyl sites for hydroxylation is 1. The molecule has 152 valence electrons. The van der Waals surface area contributed by atoms with Gasteiger partial charge in [-0.25, -0.2) is 9.43 Å². The van der Waals surface area contributed by atoms with Gasteiger partial charge in [0.05, 0.1) is 40.2 Å². The molecule has 0 bridgehead atoms. The summed E-state index contributed by atoms with van der Waals surface area (Å²) < 4.78 is 9.34. The van der Waals surface area contributed by atoms with Crippen LogP contribution in [0, 0.1) is 24.0 Å². The second-order valence-corrected chi connectivity index (χ2v) is 10.6. The Morgan fingerprint density at radius 2 is 1.72 bits per heavy atom. The van der Waals surface area contributed by atoms with E-state index in [0.29, 0.717) is 0 Å². The van der Waals surface area contributed by atoms with Crippen LogP contribution in [0.3, 0.4) is 0 Å². The third-order valence-electron chi connectivity index (χ3n) is 5.06. The van der Waals surface area contributed by atoms with Gasteiger partial charge in [0.25, 0.3) is 5.69 Å². The molecule has 0 aliphatic heterocycles. The molecule has 0 fully saturated rings. The van der Waals surface area contributed by atoms with Gasteiger partial charge in [0.1, 0.15) is 0 Å². The zero-order valence-electron chi connectivity index (χ0n) is 17.4. The quantitative estimate of drug-likeness (QED) is 0.323. The first-order valence-corrected chi connectivity index (χ1v) is 11.3. The summed E-state index contributed by atoms with van der Waals surface area (Å²) in [4.78, 5) is 10.6. The van der Waals surface area contributed by atoms with E-state index in [1.807, 2.05) is 56.0 Å². The average molecular weight is 411 g/mol. The fourth-order valence-corrected chi connectivity index (χ4v) is 7.05. The van der Waals surface area contributed by atoms with Crippen molar-refractivity contribution in [1.29, 1.82) is 0 Å². The maximum Gasteiger partial charge on any atom is 0.269 e. The maximum absolute atomic E-state index is 11.0. The average Bonchev–Trinajstić information content (AvgIpc) is 3.01. The van der Waals surface area contributed by atoms with E-state index in [2.05, 4.69) is 18.5 Å². The second-order valence-electron chi connectivity index (χ2n) is 7.03. The first-order chi connectivity index (χ1) is 13.8. The molecule has 1 heterocycles. The minimum Gasteiger partial charge on any atom is -0.272 e. The highest BCUT2D eigenvalue weighted by molar-refractivity contribution is 7.71. The summed E-state index contributed by atoms with van der Waals surface area (Å²) in [6.07, 6.45) is 0.832. The van der Waals surface area contributed by atoms with Crippen molar-refractivity contribution in [2.75, 3.05) is 20.3 Å².